The lowest BCUT2D eigenvalue weighted by Crippen LogP contribution is -2.42. The molecule has 31 heavy (non-hydrogen) atoms. The predicted molar refractivity (Wildman–Crippen MR) is 113 cm³/mol. The SMILES string of the molecule is COc1ccc2c(=O)c3c(oc2c1)C(=O)N(CCN1CCOCC1)[C@@H]3c1ccccn1. The number of rotatable bonds is 5. The van der Waals surface area contributed by atoms with Gasteiger partial charge in [-0.1, -0.05) is 6.07 Å². The molecule has 0 spiro atoms. The van der Waals surface area contributed by atoms with Gasteiger partial charge >= 0.3 is 0 Å². The second-order valence-electron chi connectivity index (χ2n) is 7.65. The van der Waals surface area contributed by atoms with Gasteiger partial charge in [0, 0.05) is 38.4 Å². The summed E-state index contributed by atoms with van der Waals surface area (Å²) in [5.41, 5.74) is 1.13. The van der Waals surface area contributed by atoms with Crippen molar-refractivity contribution in [2.45, 2.75) is 6.04 Å². The first kappa shape index (κ1) is 19.7. The molecule has 2 aliphatic heterocycles. The Kier molecular flexibility index (Phi) is 5.17. The second-order valence-corrected chi connectivity index (χ2v) is 7.65. The molecule has 1 saturated heterocycles. The molecule has 160 valence electrons. The third-order valence-electron chi connectivity index (χ3n) is 5.90. The van der Waals surface area contributed by atoms with Gasteiger partial charge in [-0.15, -0.1) is 0 Å². The molecule has 4 heterocycles. The summed E-state index contributed by atoms with van der Waals surface area (Å²) in [5.74, 6) is 0.357. The average Bonchev–Trinajstić information content (AvgIpc) is 3.10. The lowest BCUT2D eigenvalue weighted by atomic mass is 10.0. The lowest BCUT2D eigenvalue weighted by Gasteiger charge is -2.30. The minimum atomic E-state index is -0.576. The van der Waals surface area contributed by atoms with E-state index in [0.29, 0.717) is 54.3 Å². The molecule has 0 N–H and O–H groups in total. The van der Waals surface area contributed by atoms with E-state index in [2.05, 4.69) is 9.88 Å². The van der Waals surface area contributed by atoms with Crippen molar-refractivity contribution in [1.82, 2.24) is 14.8 Å². The standard InChI is InChI=1S/C23H23N3O5/c1-29-15-5-6-16-18(14-15)31-22-19(21(16)27)20(17-4-2-3-7-24-17)26(23(22)28)9-8-25-10-12-30-13-11-25/h2-7,14,20H,8-13H2,1H3/t20-/m1/s1. The predicted octanol–water partition coefficient (Wildman–Crippen LogP) is 2.07. The Morgan fingerprint density at radius 1 is 1.13 bits per heavy atom. The molecule has 8 heteroatoms. The van der Waals surface area contributed by atoms with Crippen LogP contribution in [0.2, 0.25) is 0 Å². The maximum absolute atomic E-state index is 13.5. The minimum Gasteiger partial charge on any atom is -0.497 e. The number of amides is 1. The molecule has 1 amide bonds. The zero-order valence-corrected chi connectivity index (χ0v) is 17.2. The summed E-state index contributed by atoms with van der Waals surface area (Å²) in [4.78, 5) is 35.3. The van der Waals surface area contributed by atoms with Crippen LogP contribution >= 0.6 is 0 Å². The molecule has 1 fully saturated rings. The quantitative estimate of drug-likeness (QED) is 0.624. The summed E-state index contributed by atoms with van der Waals surface area (Å²) in [6, 6.07) is 9.97. The molecule has 1 aromatic carbocycles. The minimum absolute atomic E-state index is 0.0865. The van der Waals surface area contributed by atoms with Crippen molar-refractivity contribution in [3.8, 4) is 5.75 Å². The van der Waals surface area contributed by atoms with Crippen LogP contribution in [0.5, 0.6) is 5.75 Å². The Bertz CT molecular complexity index is 1170. The van der Waals surface area contributed by atoms with Gasteiger partial charge in [0.15, 0.2) is 5.43 Å². The monoisotopic (exact) mass is 421 g/mol. The summed E-state index contributed by atoms with van der Waals surface area (Å²) in [5, 5.41) is 0.420. The van der Waals surface area contributed by atoms with Crippen molar-refractivity contribution in [3.05, 3.63) is 69.8 Å². The van der Waals surface area contributed by atoms with Gasteiger partial charge in [-0.2, -0.15) is 0 Å². The van der Waals surface area contributed by atoms with Crippen molar-refractivity contribution in [2.75, 3.05) is 46.5 Å². The molecule has 1 atom stereocenters. The van der Waals surface area contributed by atoms with Gasteiger partial charge < -0.3 is 18.8 Å². The van der Waals surface area contributed by atoms with Crippen molar-refractivity contribution in [3.63, 3.8) is 0 Å². The number of carbonyl (C=O) groups excluding carboxylic acids is 1. The Morgan fingerprint density at radius 3 is 2.71 bits per heavy atom. The fourth-order valence-electron chi connectivity index (χ4n) is 4.28. The van der Waals surface area contributed by atoms with E-state index in [0.717, 1.165) is 13.1 Å². The van der Waals surface area contributed by atoms with Crippen LogP contribution in [0.25, 0.3) is 11.0 Å². The van der Waals surface area contributed by atoms with Gasteiger partial charge in [-0.25, -0.2) is 0 Å². The number of methoxy groups -OCH3 is 1. The highest BCUT2D eigenvalue weighted by atomic mass is 16.5. The van der Waals surface area contributed by atoms with E-state index in [1.54, 1.807) is 36.4 Å². The zero-order chi connectivity index (χ0) is 21.4. The molecule has 0 saturated carbocycles. The van der Waals surface area contributed by atoms with Crippen LogP contribution in [-0.2, 0) is 4.74 Å². The van der Waals surface area contributed by atoms with E-state index in [4.69, 9.17) is 13.9 Å². The molecule has 0 unspecified atom stereocenters. The maximum atomic E-state index is 13.5. The number of carbonyl (C=O) groups is 1. The number of aromatic nitrogens is 1. The first-order valence-corrected chi connectivity index (χ1v) is 10.3. The highest BCUT2D eigenvalue weighted by Gasteiger charge is 2.43. The van der Waals surface area contributed by atoms with Gasteiger partial charge in [0.1, 0.15) is 17.4 Å². The Morgan fingerprint density at radius 2 is 1.97 bits per heavy atom. The first-order chi connectivity index (χ1) is 15.2. The number of hydrogen-bond acceptors (Lipinski definition) is 7. The molecule has 5 rings (SSSR count). The number of morpholine rings is 1. The van der Waals surface area contributed by atoms with Crippen molar-refractivity contribution >= 4 is 16.9 Å². The van der Waals surface area contributed by atoms with Crippen LogP contribution < -0.4 is 10.2 Å². The maximum Gasteiger partial charge on any atom is 0.291 e. The number of ether oxygens (including phenoxy) is 2. The molecular formula is C23H23N3O5. The Hall–Kier alpha value is -3.23. The molecule has 0 radical (unpaired) electrons. The molecular weight excluding hydrogens is 398 g/mol. The van der Waals surface area contributed by atoms with E-state index in [-0.39, 0.29) is 17.1 Å². The normalized spacial score (nSPS) is 19.1. The van der Waals surface area contributed by atoms with Gasteiger partial charge in [0.05, 0.1) is 37.0 Å². The first-order valence-electron chi connectivity index (χ1n) is 10.3. The fourth-order valence-corrected chi connectivity index (χ4v) is 4.28. The molecule has 0 aliphatic carbocycles. The molecule has 0 bridgehead atoms. The lowest BCUT2D eigenvalue weighted by molar-refractivity contribution is 0.0314. The highest BCUT2D eigenvalue weighted by molar-refractivity contribution is 5.99. The second kappa shape index (κ2) is 8.13. The zero-order valence-electron chi connectivity index (χ0n) is 17.2. The molecule has 8 nitrogen and oxygen atoms in total. The van der Waals surface area contributed by atoms with Crippen LogP contribution in [0.4, 0.5) is 0 Å². The van der Waals surface area contributed by atoms with Crippen molar-refractivity contribution in [1.29, 1.82) is 0 Å². The molecule has 2 aliphatic rings. The van der Waals surface area contributed by atoms with Gasteiger partial charge in [0.2, 0.25) is 5.76 Å². The van der Waals surface area contributed by atoms with Crippen LogP contribution in [0.3, 0.4) is 0 Å². The van der Waals surface area contributed by atoms with Crippen molar-refractivity contribution in [2.24, 2.45) is 0 Å². The van der Waals surface area contributed by atoms with Gasteiger partial charge in [-0.3, -0.25) is 19.5 Å². The number of benzene rings is 1. The van der Waals surface area contributed by atoms with Gasteiger partial charge in [0.25, 0.3) is 5.91 Å². The summed E-state index contributed by atoms with van der Waals surface area (Å²) in [6.45, 7) is 4.17. The number of fused-ring (bicyclic) bond motifs is 2. The van der Waals surface area contributed by atoms with Crippen LogP contribution in [-0.4, -0.2) is 67.2 Å². The van der Waals surface area contributed by atoms with E-state index in [1.165, 1.54) is 0 Å². The van der Waals surface area contributed by atoms with E-state index < -0.39 is 6.04 Å². The van der Waals surface area contributed by atoms with Crippen LogP contribution in [0.1, 0.15) is 27.9 Å². The smallest absolute Gasteiger partial charge is 0.291 e. The summed E-state index contributed by atoms with van der Waals surface area (Å²) < 4.78 is 16.6. The topological polar surface area (TPSA) is 85.1 Å². The summed E-state index contributed by atoms with van der Waals surface area (Å²) in [6.07, 6.45) is 1.67. The molecule has 3 aromatic rings. The number of pyridine rings is 1. The highest BCUT2D eigenvalue weighted by Crippen LogP contribution is 2.37. The van der Waals surface area contributed by atoms with Crippen LogP contribution in [0, 0.1) is 0 Å². The largest absolute Gasteiger partial charge is 0.497 e. The average molecular weight is 421 g/mol. The molecule has 2 aromatic heterocycles. The van der Waals surface area contributed by atoms with E-state index in [1.807, 2.05) is 18.2 Å². The van der Waals surface area contributed by atoms with E-state index >= 15 is 0 Å². The van der Waals surface area contributed by atoms with Crippen molar-refractivity contribution < 1.29 is 18.7 Å². The van der Waals surface area contributed by atoms with E-state index in [9.17, 15) is 9.59 Å². The fraction of sp³-hybridized carbons (Fsp3) is 0.348. The third-order valence-corrected chi connectivity index (χ3v) is 5.90. The Balaban J connectivity index is 1.59. The van der Waals surface area contributed by atoms with Crippen LogP contribution in [0.15, 0.2) is 51.8 Å². The number of hydrogen-bond donors (Lipinski definition) is 0. The summed E-state index contributed by atoms with van der Waals surface area (Å²) in [7, 11) is 1.54. The number of nitrogens with zero attached hydrogens (tertiary/aromatic N) is 3. The third kappa shape index (κ3) is 3.47. The van der Waals surface area contributed by atoms with Gasteiger partial charge in [-0.05, 0) is 24.3 Å². The summed E-state index contributed by atoms with van der Waals surface area (Å²) >= 11 is 0. The Labute approximate surface area is 179 Å².